The van der Waals surface area contributed by atoms with Gasteiger partial charge in [0.25, 0.3) is 5.56 Å². The zero-order valence-electron chi connectivity index (χ0n) is 24.5. The van der Waals surface area contributed by atoms with E-state index in [-0.39, 0.29) is 30.8 Å². The second-order valence-corrected chi connectivity index (χ2v) is 9.33. The summed E-state index contributed by atoms with van der Waals surface area (Å²) in [7, 11) is 1.55. The van der Waals surface area contributed by atoms with Crippen LogP contribution in [-0.4, -0.2) is 53.7 Å². The normalized spacial score (nSPS) is 17.0. The minimum absolute atomic E-state index is 0.125. The van der Waals surface area contributed by atoms with E-state index in [4.69, 9.17) is 9.10 Å². The number of carbonyl (C=O) groups excluding carboxylic acids is 1. The fourth-order valence-electron chi connectivity index (χ4n) is 5.02. The van der Waals surface area contributed by atoms with Crippen molar-refractivity contribution in [3.8, 4) is 11.8 Å². The highest BCUT2D eigenvalue weighted by Gasteiger charge is 2.27. The molecule has 1 aliphatic rings. The van der Waals surface area contributed by atoms with Crippen LogP contribution < -0.4 is 21.5 Å². The molecule has 1 N–H and O–H groups in total. The van der Waals surface area contributed by atoms with Crippen molar-refractivity contribution in [3.63, 3.8) is 0 Å². The number of benzene rings is 1. The lowest BCUT2D eigenvalue weighted by Gasteiger charge is -2.33. The van der Waals surface area contributed by atoms with Crippen molar-refractivity contribution in [3.05, 3.63) is 56.6 Å². The summed E-state index contributed by atoms with van der Waals surface area (Å²) in [5.41, 5.74) is 0.767. The molecule has 11 heteroatoms. The van der Waals surface area contributed by atoms with Crippen LogP contribution in [0, 0.1) is 18.8 Å². The van der Waals surface area contributed by atoms with E-state index >= 15 is 0 Å². The van der Waals surface area contributed by atoms with E-state index in [0.29, 0.717) is 31.2 Å². The highest BCUT2D eigenvalue weighted by Crippen LogP contribution is 2.23. The number of aromatic nitrogens is 6. The van der Waals surface area contributed by atoms with Gasteiger partial charge in [0.1, 0.15) is 5.82 Å². The van der Waals surface area contributed by atoms with Gasteiger partial charge in [-0.05, 0) is 32.8 Å². The number of para-hydroxylation sites is 1. The number of carbonyl (C=O) groups is 1. The molecule has 11 nitrogen and oxygen atoms in total. The minimum Gasteiger partial charge on any atom is -0.352 e. The van der Waals surface area contributed by atoms with Gasteiger partial charge in [-0.25, -0.2) is 14.8 Å². The molecule has 0 aliphatic carbocycles. The molecule has 4 heterocycles. The Balaban J connectivity index is 1.59. The van der Waals surface area contributed by atoms with Gasteiger partial charge in [0, 0.05) is 48.2 Å². The van der Waals surface area contributed by atoms with Gasteiger partial charge in [0.15, 0.2) is 11.2 Å². The number of amides is 1. The predicted molar refractivity (Wildman–Crippen MR) is 145 cm³/mol. The number of hydrogen-bond donors (Lipinski definition) is 1. The van der Waals surface area contributed by atoms with Crippen LogP contribution in [0.25, 0.3) is 22.1 Å². The number of piperidine rings is 1. The summed E-state index contributed by atoms with van der Waals surface area (Å²) in [4.78, 5) is 55.1. The highest BCUT2D eigenvalue weighted by molar-refractivity contribution is 5.80. The van der Waals surface area contributed by atoms with Crippen LogP contribution in [0.4, 0.5) is 5.95 Å². The van der Waals surface area contributed by atoms with Gasteiger partial charge in [0.2, 0.25) is 11.9 Å². The third kappa shape index (κ3) is 4.53. The molecule has 1 atom stereocenters. The molecule has 4 aromatic rings. The molecule has 196 valence electrons. The Morgan fingerprint density at radius 1 is 1.21 bits per heavy atom. The fraction of sp³-hybridized carbons (Fsp3) is 0.407. The number of rotatable bonds is 5. The Labute approximate surface area is 223 Å². The van der Waals surface area contributed by atoms with Gasteiger partial charge in [-0.1, -0.05) is 24.1 Å². The Bertz CT molecular complexity index is 1840. The summed E-state index contributed by atoms with van der Waals surface area (Å²) in [6, 6.07) is 7.12. The number of fused-ring (bicyclic) bond motifs is 2. The van der Waals surface area contributed by atoms with E-state index in [2.05, 4.69) is 27.1 Å². The van der Waals surface area contributed by atoms with Crippen LogP contribution in [0.15, 0.2) is 33.9 Å². The van der Waals surface area contributed by atoms with Gasteiger partial charge < -0.3 is 10.2 Å². The van der Waals surface area contributed by atoms with E-state index in [9.17, 15) is 14.4 Å². The van der Waals surface area contributed by atoms with Crippen molar-refractivity contribution in [1.29, 1.82) is 0 Å². The average molecular weight is 518 g/mol. The number of aryl methyl sites for hydroxylation is 2. The Kier molecular flexibility index (Phi) is 5.76. The van der Waals surface area contributed by atoms with Crippen LogP contribution in [0.1, 0.15) is 42.2 Å². The van der Waals surface area contributed by atoms with Gasteiger partial charge in [-0.15, -0.1) is 5.92 Å². The van der Waals surface area contributed by atoms with Gasteiger partial charge in [-0.2, -0.15) is 4.98 Å². The second kappa shape index (κ2) is 10.1. The summed E-state index contributed by atoms with van der Waals surface area (Å²) in [6.07, 6.45) is 1.26. The molecule has 1 fully saturated rings. The maximum Gasteiger partial charge on any atom is 0.332 e. The molecule has 0 radical (unpaired) electrons. The summed E-state index contributed by atoms with van der Waals surface area (Å²) in [5.74, 6) is 5.57. The third-order valence-corrected chi connectivity index (χ3v) is 6.81. The highest BCUT2D eigenvalue weighted by atomic mass is 16.2. The van der Waals surface area contributed by atoms with Crippen LogP contribution in [0.3, 0.4) is 0 Å². The van der Waals surface area contributed by atoms with Crippen LogP contribution in [0.5, 0.6) is 0 Å². The number of anilines is 1. The first-order valence-corrected chi connectivity index (χ1v) is 12.4. The lowest BCUT2D eigenvalue weighted by molar-refractivity contribution is -0.119. The molecule has 1 amide bonds. The Hall–Kier alpha value is -4.46. The summed E-state index contributed by atoms with van der Waals surface area (Å²) < 4.78 is 26.2. The molecular formula is C27H30N8O3. The Morgan fingerprint density at radius 3 is 2.82 bits per heavy atom. The maximum absolute atomic E-state index is 13.9. The van der Waals surface area contributed by atoms with E-state index in [0.717, 1.165) is 21.2 Å². The standard InChI is InChI=1S/C27H30N8O3/c1-5-6-14-34-23-24(31-26(34)33-13-9-10-19(15-33)29-18(3)36)32(4)27(38)35(25(23)37)16-22-28-17(2)20-11-7-8-12-21(20)30-22/h7-8,11-12,19H,9-10,13-16H2,1-4H3,(H,29,36)/t19-/m1/s1/i3D3. The molecule has 0 bridgehead atoms. The average Bonchev–Trinajstić information content (AvgIpc) is 3.32. The number of nitrogens with one attached hydrogen (secondary N) is 1. The molecule has 1 saturated heterocycles. The van der Waals surface area contributed by atoms with Gasteiger partial charge in [-0.3, -0.25) is 23.3 Å². The molecule has 1 aliphatic heterocycles. The van der Waals surface area contributed by atoms with Gasteiger partial charge >= 0.3 is 5.69 Å². The van der Waals surface area contributed by atoms with Crippen molar-refractivity contribution in [1.82, 2.24) is 34.0 Å². The van der Waals surface area contributed by atoms with Crippen LogP contribution in [0.2, 0.25) is 0 Å². The first kappa shape index (κ1) is 21.6. The summed E-state index contributed by atoms with van der Waals surface area (Å²) >= 11 is 0. The zero-order valence-corrected chi connectivity index (χ0v) is 21.5. The second-order valence-electron chi connectivity index (χ2n) is 9.33. The number of hydrogen-bond acceptors (Lipinski definition) is 7. The largest absolute Gasteiger partial charge is 0.352 e. The SMILES string of the molecule is [2H]C([2H])([2H])C(=O)N[C@@H]1CCCN(c2nc3c(c(=O)n(Cc4nc(C)c5ccccc5n4)c(=O)n3C)n2CC#CC)C1. The maximum atomic E-state index is 13.9. The first-order valence-electron chi connectivity index (χ1n) is 13.9. The van der Waals surface area contributed by atoms with Crippen LogP contribution in [-0.2, 0) is 24.9 Å². The first-order chi connectivity index (χ1) is 19.5. The van der Waals surface area contributed by atoms with Crippen molar-refractivity contribution < 1.29 is 8.91 Å². The molecule has 5 rings (SSSR count). The van der Waals surface area contributed by atoms with E-state index in [1.54, 1.807) is 18.5 Å². The van der Waals surface area contributed by atoms with E-state index in [1.807, 2.05) is 36.1 Å². The molecule has 38 heavy (non-hydrogen) atoms. The molecule has 3 aromatic heterocycles. The molecule has 0 saturated carbocycles. The van der Waals surface area contributed by atoms with Crippen molar-refractivity contribution in [2.45, 2.75) is 52.7 Å². The molecular weight excluding hydrogens is 484 g/mol. The van der Waals surface area contributed by atoms with E-state index in [1.165, 1.54) is 4.57 Å². The van der Waals surface area contributed by atoms with Crippen LogP contribution >= 0.6 is 0 Å². The van der Waals surface area contributed by atoms with Crippen molar-refractivity contribution in [2.75, 3.05) is 18.0 Å². The predicted octanol–water partition coefficient (Wildman–Crippen LogP) is 1.32. The summed E-state index contributed by atoms with van der Waals surface area (Å²) in [5, 5.41) is 3.49. The monoisotopic (exact) mass is 517 g/mol. The lowest BCUT2D eigenvalue weighted by atomic mass is 10.1. The zero-order chi connectivity index (χ0) is 29.5. The minimum atomic E-state index is -2.75. The molecule has 0 spiro atoms. The van der Waals surface area contributed by atoms with Crippen molar-refractivity contribution >= 4 is 33.9 Å². The fourth-order valence-corrected chi connectivity index (χ4v) is 5.02. The summed E-state index contributed by atoms with van der Waals surface area (Å²) in [6.45, 7) is 1.67. The number of nitrogens with zero attached hydrogens (tertiary/aromatic N) is 7. The van der Waals surface area contributed by atoms with Crippen molar-refractivity contribution in [2.24, 2.45) is 7.05 Å². The third-order valence-electron chi connectivity index (χ3n) is 6.81. The quantitative estimate of drug-likeness (QED) is 0.397. The lowest BCUT2D eigenvalue weighted by Crippen LogP contribution is -2.48. The number of imidazole rings is 1. The smallest absolute Gasteiger partial charge is 0.332 e. The van der Waals surface area contributed by atoms with Gasteiger partial charge in [0.05, 0.1) is 18.6 Å². The molecule has 1 aromatic carbocycles. The Morgan fingerprint density at radius 2 is 2.03 bits per heavy atom. The van der Waals surface area contributed by atoms with E-state index < -0.39 is 30.0 Å². The molecule has 0 unspecified atom stereocenters. The topological polar surface area (TPSA) is 120 Å².